The quantitative estimate of drug-likeness (QED) is 0.149. The highest BCUT2D eigenvalue weighted by atomic mass is 15.1. The van der Waals surface area contributed by atoms with Crippen LogP contribution in [0.4, 0.5) is 0 Å². The molecule has 0 saturated heterocycles. The largest absolute Gasteiger partial charge is 0.330 e. The Kier molecular flexibility index (Phi) is 9.91. The van der Waals surface area contributed by atoms with Crippen LogP contribution in [-0.2, 0) is 19.5 Å². The third kappa shape index (κ3) is 6.46. The second-order valence-corrected chi connectivity index (χ2v) is 20.6. The summed E-state index contributed by atoms with van der Waals surface area (Å²) in [6.07, 6.45) is 13.1. The monoisotopic (exact) mass is 938 g/mol. The van der Waals surface area contributed by atoms with E-state index in [4.69, 9.17) is 9.97 Å². The van der Waals surface area contributed by atoms with Crippen LogP contribution in [0.3, 0.4) is 0 Å². The summed E-state index contributed by atoms with van der Waals surface area (Å²) in [5.41, 5.74) is 20.2. The second-order valence-electron chi connectivity index (χ2n) is 20.6. The van der Waals surface area contributed by atoms with Gasteiger partial charge in [-0.15, -0.1) is 0 Å². The lowest BCUT2D eigenvalue weighted by molar-refractivity contribution is 0.623. The molecule has 3 aliphatic carbocycles. The Morgan fingerprint density at radius 2 is 1.15 bits per heavy atom. The Labute approximate surface area is 427 Å². The minimum absolute atomic E-state index is 0.101. The lowest BCUT2D eigenvalue weighted by atomic mass is 9.64. The van der Waals surface area contributed by atoms with E-state index in [1.54, 1.807) is 0 Å². The number of nitrogens with zero attached hydrogens (tertiary/aromatic N) is 4. The Morgan fingerprint density at radius 3 is 1.90 bits per heavy atom. The Morgan fingerprint density at radius 1 is 0.507 bits per heavy atom. The van der Waals surface area contributed by atoms with E-state index in [1.807, 2.05) is 0 Å². The standard InChI is InChI=1S/C69H54N4/c1-43-33-36-49(37-34-43)69(48-23-12-7-13-24-48)60-32-15-14-25-53(60)56-30-18-31-57(65(56)69)64-54-28-16-26-51(47-35-39-61-63(41-47)72(3)67(70-61)45-19-8-5-9-20-45)58(54)42-59-52(27-17-29-55(59)64)50-38-40-62-66(44(50)2)73(4)68(71-62)46-21-10-6-11-22-46/h5-33,35-44,50H,34H2,1-4H3. The van der Waals surface area contributed by atoms with Gasteiger partial charge in [0.05, 0.1) is 22.1 Å². The van der Waals surface area contributed by atoms with Gasteiger partial charge in [-0.1, -0.05) is 214 Å². The number of allylic oxidation sites excluding steroid dienone is 5. The maximum Gasteiger partial charge on any atom is 0.140 e. The number of rotatable bonds is 7. The summed E-state index contributed by atoms with van der Waals surface area (Å²) in [4.78, 5) is 10.4. The predicted molar refractivity (Wildman–Crippen MR) is 304 cm³/mol. The summed E-state index contributed by atoms with van der Waals surface area (Å²) >= 11 is 0. The van der Waals surface area contributed by atoms with Crippen LogP contribution < -0.4 is 0 Å². The van der Waals surface area contributed by atoms with Gasteiger partial charge in [-0.25, -0.2) is 9.97 Å². The fourth-order valence-electron chi connectivity index (χ4n) is 13.2. The average Bonchev–Trinajstić information content (AvgIpc) is 4.08. The lowest BCUT2D eigenvalue weighted by Crippen LogP contribution is -2.30. The molecule has 350 valence electrons. The molecule has 11 aromatic rings. The third-order valence-corrected chi connectivity index (χ3v) is 16.6. The molecule has 0 aliphatic heterocycles. The number of fused-ring (bicyclic) bond motifs is 7. The van der Waals surface area contributed by atoms with Gasteiger partial charge in [0.25, 0.3) is 0 Å². The molecule has 4 unspecified atom stereocenters. The lowest BCUT2D eigenvalue weighted by Gasteiger charge is -2.37. The molecule has 0 fully saturated rings. The zero-order valence-corrected chi connectivity index (χ0v) is 41.6. The SMILES string of the molecule is CC1C=CC(C2(c3ccccc3)c3ccccc3-c3cccc(-c4c5cccc(-c6ccc7nc(-c8ccccc8)n(C)c7c6)c5cc5c(C6C=Cc7nc(-c8ccccc8)n(C)c7C6C)cccc45)c32)=CC1. The molecule has 0 spiro atoms. The smallest absolute Gasteiger partial charge is 0.140 e. The van der Waals surface area contributed by atoms with Crippen molar-refractivity contribution in [3.63, 3.8) is 0 Å². The average molecular weight is 939 g/mol. The minimum Gasteiger partial charge on any atom is -0.330 e. The summed E-state index contributed by atoms with van der Waals surface area (Å²) in [6, 6.07) is 72.1. The highest BCUT2D eigenvalue weighted by Crippen LogP contribution is 2.61. The molecule has 2 heterocycles. The van der Waals surface area contributed by atoms with Crippen molar-refractivity contribution >= 4 is 38.7 Å². The molecular formula is C69H54N4. The van der Waals surface area contributed by atoms with Gasteiger partial charge in [0.1, 0.15) is 11.6 Å². The topological polar surface area (TPSA) is 35.6 Å². The molecular weight excluding hydrogens is 885 g/mol. The minimum atomic E-state index is -0.557. The maximum absolute atomic E-state index is 5.24. The highest BCUT2D eigenvalue weighted by Gasteiger charge is 2.48. The number of hydrogen-bond acceptors (Lipinski definition) is 2. The molecule has 14 rings (SSSR count). The van der Waals surface area contributed by atoms with Crippen molar-refractivity contribution in [3.8, 4) is 56.2 Å². The van der Waals surface area contributed by atoms with E-state index in [9.17, 15) is 0 Å². The molecule has 0 saturated carbocycles. The van der Waals surface area contributed by atoms with Crippen LogP contribution >= 0.6 is 0 Å². The molecule has 0 amide bonds. The van der Waals surface area contributed by atoms with Crippen LogP contribution in [0, 0.1) is 5.92 Å². The van der Waals surface area contributed by atoms with Gasteiger partial charge < -0.3 is 9.13 Å². The second kappa shape index (κ2) is 16.8. The normalized spacial score (nSPS) is 18.8. The third-order valence-electron chi connectivity index (χ3n) is 16.6. The first-order chi connectivity index (χ1) is 35.9. The molecule has 4 atom stereocenters. The first-order valence-electron chi connectivity index (χ1n) is 25.9. The van der Waals surface area contributed by atoms with Crippen LogP contribution in [-0.4, -0.2) is 19.1 Å². The summed E-state index contributed by atoms with van der Waals surface area (Å²) < 4.78 is 4.57. The molecule has 0 N–H and O–H groups in total. The van der Waals surface area contributed by atoms with Crippen molar-refractivity contribution in [2.45, 2.75) is 37.5 Å². The van der Waals surface area contributed by atoms with Crippen LogP contribution in [0.1, 0.15) is 65.7 Å². The molecule has 0 radical (unpaired) electrons. The molecule has 3 aliphatic rings. The maximum atomic E-state index is 5.24. The first-order valence-corrected chi connectivity index (χ1v) is 25.9. The van der Waals surface area contributed by atoms with Crippen LogP contribution in [0.15, 0.2) is 224 Å². The summed E-state index contributed by atoms with van der Waals surface area (Å²) in [5, 5.41) is 4.99. The predicted octanol–water partition coefficient (Wildman–Crippen LogP) is 17.0. The zero-order valence-electron chi connectivity index (χ0n) is 41.6. The summed E-state index contributed by atoms with van der Waals surface area (Å²) in [7, 11) is 4.33. The number of aromatic nitrogens is 4. The Balaban J connectivity index is 1.06. The fourth-order valence-corrected chi connectivity index (χ4v) is 13.2. The zero-order chi connectivity index (χ0) is 49.0. The number of benzene rings is 9. The highest BCUT2D eigenvalue weighted by molar-refractivity contribution is 6.18. The van der Waals surface area contributed by atoms with E-state index >= 15 is 0 Å². The van der Waals surface area contributed by atoms with E-state index in [2.05, 4.69) is 262 Å². The molecule has 4 heteroatoms. The molecule has 4 nitrogen and oxygen atoms in total. The number of aryl methyl sites for hydroxylation is 1. The van der Waals surface area contributed by atoms with Gasteiger partial charge >= 0.3 is 0 Å². The Bertz CT molecular complexity index is 4110. The van der Waals surface area contributed by atoms with E-state index in [0.717, 1.165) is 45.9 Å². The Hall–Kier alpha value is -8.60. The van der Waals surface area contributed by atoms with Crippen molar-refractivity contribution in [1.29, 1.82) is 0 Å². The van der Waals surface area contributed by atoms with Crippen molar-refractivity contribution in [2.75, 3.05) is 0 Å². The van der Waals surface area contributed by atoms with Gasteiger partial charge in [0.2, 0.25) is 0 Å². The molecule has 2 aromatic heterocycles. The van der Waals surface area contributed by atoms with Crippen LogP contribution in [0.25, 0.3) is 94.8 Å². The van der Waals surface area contributed by atoms with Crippen molar-refractivity contribution in [1.82, 2.24) is 19.1 Å². The first kappa shape index (κ1) is 43.2. The van der Waals surface area contributed by atoms with Gasteiger partial charge in [0, 0.05) is 42.8 Å². The van der Waals surface area contributed by atoms with Gasteiger partial charge in [0.15, 0.2) is 0 Å². The summed E-state index contributed by atoms with van der Waals surface area (Å²) in [6.45, 7) is 4.72. The van der Waals surface area contributed by atoms with Crippen molar-refractivity contribution in [3.05, 3.63) is 258 Å². The van der Waals surface area contributed by atoms with Gasteiger partial charge in [-0.2, -0.15) is 0 Å². The summed E-state index contributed by atoms with van der Waals surface area (Å²) in [5.74, 6) is 2.70. The number of hydrogen-bond donors (Lipinski definition) is 0. The van der Waals surface area contributed by atoms with E-state index < -0.39 is 5.41 Å². The molecule has 9 aromatic carbocycles. The molecule has 73 heavy (non-hydrogen) atoms. The van der Waals surface area contributed by atoms with Crippen LogP contribution in [0.5, 0.6) is 0 Å². The van der Waals surface area contributed by atoms with E-state index in [1.165, 1.54) is 88.4 Å². The van der Waals surface area contributed by atoms with Crippen molar-refractivity contribution < 1.29 is 0 Å². The van der Waals surface area contributed by atoms with Crippen LogP contribution in [0.2, 0.25) is 0 Å². The number of imidazole rings is 2. The van der Waals surface area contributed by atoms with Gasteiger partial charge in [-0.05, 0) is 119 Å². The van der Waals surface area contributed by atoms with Gasteiger partial charge in [-0.3, -0.25) is 0 Å². The fraction of sp³-hybridized carbons (Fsp3) is 0.130. The van der Waals surface area contributed by atoms with E-state index in [0.29, 0.717) is 5.92 Å². The van der Waals surface area contributed by atoms with Crippen molar-refractivity contribution in [2.24, 2.45) is 20.0 Å². The van der Waals surface area contributed by atoms with E-state index in [-0.39, 0.29) is 11.8 Å². The molecule has 0 bridgehead atoms.